The molecule has 0 bridgehead atoms. The predicted molar refractivity (Wildman–Crippen MR) is 53.0 cm³/mol. The summed E-state index contributed by atoms with van der Waals surface area (Å²) >= 11 is 0. The van der Waals surface area contributed by atoms with E-state index in [4.69, 9.17) is 4.74 Å². The number of carbonyl (C=O) groups excluding carboxylic acids is 1. The van der Waals surface area contributed by atoms with Crippen LogP contribution in [0.1, 0.15) is 19.3 Å². The second kappa shape index (κ2) is 4.28. The van der Waals surface area contributed by atoms with Crippen molar-refractivity contribution in [3.63, 3.8) is 0 Å². The fourth-order valence-corrected chi connectivity index (χ4v) is 2.22. The van der Waals surface area contributed by atoms with Crippen LogP contribution in [0.3, 0.4) is 0 Å². The van der Waals surface area contributed by atoms with Crippen molar-refractivity contribution in [3.05, 3.63) is 0 Å². The first-order valence-corrected chi connectivity index (χ1v) is 5.39. The maximum absolute atomic E-state index is 11.7. The van der Waals surface area contributed by atoms with Gasteiger partial charge in [0.1, 0.15) is 0 Å². The molecule has 4 nitrogen and oxygen atoms in total. The highest BCUT2D eigenvalue weighted by atomic mass is 16.5. The third kappa shape index (κ3) is 1.91. The summed E-state index contributed by atoms with van der Waals surface area (Å²) < 4.78 is 5.52. The van der Waals surface area contributed by atoms with Crippen LogP contribution in [-0.2, 0) is 9.53 Å². The second-order valence-electron chi connectivity index (χ2n) is 4.05. The van der Waals surface area contributed by atoms with E-state index in [1.807, 2.05) is 11.9 Å². The lowest BCUT2D eigenvalue weighted by Crippen LogP contribution is -2.39. The minimum absolute atomic E-state index is 0.0383. The van der Waals surface area contributed by atoms with Crippen LogP contribution in [0.25, 0.3) is 0 Å². The predicted octanol–water partition coefficient (Wildman–Crippen LogP) is -0.0143. The Kier molecular flexibility index (Phi) is 3.03. The van der Waals surface area contributed by atoms with Crippen molar-refractivity contribution in [1.82, 2.24) is 10.2 Å². The molecular weight excluding hydrogens is 180 g/mol. The van der Waals surface area contributed by atoms with Crippen molar-refractivity contribution in [2.75, 3.05) is 26.7 Å². The largest absolute Gasteiger partial charge is 0.376 e. The fourth-order valence-electron chi connectivity index (χ4n) is 2.22. The van der Waals surface area contributed by atoms with Gasteiger partial charge in [0.25, 0.3) is 0 Å². The van der Waals surface area contributed by atoms with Crippen LogP contribution < -0.4 is 5.32 Å². The van der Waals surface area contributed by atoms with Gasteiger partial charge in [0.05, 0.1) is 12.1 Å². The van der Waals surface area contributed by atoms with Gasteiger partial charge in [-0.2, -0.15) is 0 Å². The molecule has 14 heavy (non-hydrogen) atoms. The molecule has 1 amide bonds. The molecule has 2 atom stereocenters. The molecule has 2 fully saturated rings. The van der Waals surface area contributed by atoms with Gasteiger partial charge in [-0.3, -0.25) is 4.79 Å². The average Bonchev–Trinajstić information content (AvgIpc) is 2.79. The molecule has 0 aliphatic carbocycles. The highest BCUT2D eigenvalue weighted by Gasteiger charge is 2.32. The van der Waals surface area contributed by atoms with Crippen LogP contribution in [0.5, 0.6) is 0 Å². The lowest BCUT2D eigenvalue weighted by molar-refractivity contribution is -0.130. The summed E-state index contributed by atoms with van der Waals surface area (Å²) in [6, 6.07) is 0.0383. The standard InChI is InChI=1S/C10H18N2O2/c1-11-9-4-5-12(10(9)13)7-8-3-2-6-14-8/h8-9,11H,2-7H2,1H3. The molecule has 0 saturated carbocycles. The normalized spacial score (nSPS) is 32.9. The smallest absolute Gasteiger partial charge is 0.239 e. The Hall–Kier alpha value is -0.610. The van der Waals surface area contributed by atoms with Gasteiger partial charge in [-0.25, -0.2) is 0 Å². The van der Waals surface area contributed by atoms with Crippen molar-refractivity contribution in [2.45, 2.75) is 31.4 Å². The molecule has 0 spiro atoms. The number of carbonyl (C=O) groups is 1. The number of hydrogen-bond donors (Lipinski definition) is 1. The summed E-state index contributed by atoms with van der Waals surface area (Å²) in [6.45, 7) is 2.53. The molecule has 4 heteroatoms. The Morgan fingerprint density at radius 3 is 3.00 bits per heavy atom. The summed E-state index contributed by atoms with van der Waals surface area (Å²) in [5.41, 5.74) is 0. The van der Waals surface area contributed by atoms with Crippen molar-refractivity contribution >= 4 is 5.91 Å². The van der Waals surface area contributed by atoms with Gasteiger partial charge in [0.15, 0.2) is 0 Å². The van der Waals surface area contributed by atoms with E-state index >= 15 is 0 Å². The van der Waals surface area contributed by atoms with Crippen molar-refractivity contribution < 1.29 is 9.53 Å². The molecule has 2 rings (SSSR count). The minimum atomic E-state index is 0.0383. The SMILES string of the molecule is CNC1CCN(CC2CCCO2)C1=O. The molecule has 2 unspecified atom stereocenters. The minimum Gasteiger partial charge on any atom is -0.376 e. The zero-order valence-electron chi connectivity index (χ0n) is 8.66. The molecule has 0 aromatic carbocycles. The Bertz CT molecular complexity index is 214. The molecule has 2 aliphatic rings. The molecule has 2 heterocycles. The molecular formula is C10H18N2O2. The second-order valence-corrected chi connectivity index (χ2v) is 4.05. The Labute approximate surface area is 84.6 Å². The summed E-state index contributed by atoms with van der Waals surface area (Å²) in [6.07, 6.45) is 3.47. The molecule has 2 saturated heterocycles. The third-order valence-electron chi connectivity index (χ3n) is 3.09. The Morgan fingerprint density at radius 1 is 1.57 bits per heavy atom. The van der Waals surface area contributed by atoms with Gasteiger partial charge in [0.2, 0.25) is 5.91 Å². The number of likely N-dealkylation sites (N-methyl/N-ethyl adjacent to an activating group) is 1. The summed E-state index contributed by atoms with van der Waals surface area (Å²) in [4.78, 5) is 13.7. The number of rotatable bonds is 3. The van der Waals surface area contributed by atoms with E-state index in [1.165, 1.54) is 0 Å². The van der Waals surface area contributed by atoms with E-state index in [-0.39, 0.29) is 18.1 Å². The average molecular weight is 198 g/mol. The zero-order chi connectivity index (χ0) is 9.97. The molecule has 80 valence electrons. The van der Waals surface area contributed by atoms with Crippen LogP contribution in [-0.4, -0.2) is 49.7 Å². The topological polar surface area (TPSA) is 41.6 Å². The zero-order valence-corrected chi connectivity index (χ0v) is 8.66. The lowest BCUT2D eigenvalue weighted by Gasteiger charge is -2.20. The molecule has 0 aromatic rings. The van der Waals surface area contributed by atoms with Gasteiger partial charge in [0, 0.05) is 19.7 Å². The van der Waals surface area contributed by atoms with E-state index in [2.05, 4.69) is 5.32 Å². The first-order valence-electron chi connectivity index (χ1n) is 5.39. The van der Waals surface area contributed by atoms with E-state index in [1.54, 1.807) is 0 Å². The van der Waals surface area contributed by atoms with E-state index < -0.39 is 0 Å². The number of amides is 1. The van der Waals surface area contributed by atoms with Gasteiger partial charge >= 0.3 is 0 Å². The van der Waals surface area contributed by atoms with Crippen LogP contribution in [0.2, 0.25) is 0 Å². The maximum Gasteiger partial charge on any atom is 0.239 e. The van der Waals surface area contributed by atoms with Gasteiger partial charge < -0.3 is 15.0 Å². The highest BCUT2D eigenvalue weighted by Crippen LogP contribution is 2.17. The van der Waals surface area contributed by atoms with Gasteiger partial charge in [-0.1, -0.05) is 0 Å². The maximum atomic E-state index is 11.7. The van der Waals surface area contributed by atoms with Gasteiger partial charge in [-0.05, 0) is 26.3 Å². The first kappa shape index (κ1) is 9.93. The summed E-state index contributed by atoms with van der Waals surface area (Å²) in [7, 11) is 1.85. The van der Waals surface area contributed by atoms with Crippen molar-refractivity contribution in [1.29, 1.82) is 0 Å². The number of hydrogen-bond acceptors (Lipinski definition) is 3. The number of likely N-dealkylation sites (tertiary alicyclic amines) is 1. The first-order chi connectivity index (χ1) is 6.81. The number of ether oxygens (including phenoxy) is 1. The molecule has 2 aliphatic heterocycles. The van der Waals surface area contributed by atoms with E-state index in [0.717, 1.165) is 39.0 Å². The number of nitrogens with zero attached hydrogens (tertiary/aromatic N) is 1. The van der Waals surface area contributed by atoms with E-state index in [9.17, 15) is 4.79 Å². The Morgan fingerprint density at radius 2 is 2.43 bits per heavy atom. The van der Waals surface area contributed by atoms with Crippen LogP contribution in [0, 0.1) is 0 Å². The van der Waals surface area contributed by atoms with Crippen molar-refractivity contribution in [3.8, 4) is 0 Å². The number of nitrogens with one attached hydrogen (secondary N) is 1. The lowest BCUT2D eigenvalue weighted by atomic mass is 10.2. The van der Waals surface area contributed by atoms with Crippen LogP contribution in [0.15, 0.2) is 0 Å². The van der Waals surface area contributed by atoms with Crippen LogP contribution >= 0.6 is 0 Å². The molecule has 0 aromatic heterocycles. The molecule has 0 radical (unpaired) electrons. The summed E-state index contributed by atoms with van der Waals surface area (Å²) in [5.74, 6) is 0.239. The van der Waals surface area contributed by atoms with Crippen molar-refractivity contribution in [2.24, 2.45) is 0 Å². The van der Waals surface area contributed by atoms with Gasteiger partial charge in [-0.15, -0.1) is 0 Å². The van der Waals surface area contributed by atoms with Crippen LogP contribution in [0.4, 0.5) is 0 Å². The van der Waals surface area contributed by atoms with E-state index in [0.29, 0.717) is 0 Å². The quantitative estimate of drug-likeness (QED) is 0.693. The molecule has 1 N–H and O–H groups in total. The fraction of sp³-hybridized carbons (Fsp3) is 0.900. The Balaban J connectivity index is 1.84. The monoisotopic (exact) mass is 198 g/mol. The third-order valence-corrected chi connectivity index (χ3v) is 3.09. The highest BCUT2D eigenvalue weighted by molar-refractivity contribution is 5.83. The summed E-state index contributed by atoms with van der Waals surface area (Å²) in [5, 5.41) is 3.04.